The minimum Gasteiger partial charge on any atom is -0.481 e. The summed E-state index contributed by atoms with van der Waals surface area (Å²) in [5.74, 6) is -3.67. The molecule has 0 aromatic heterocycles. The van der Waals surface area contributed by atoms with Crippen molar-refractivity contribution in [2.24, 2.45) is 5.92 Å². The smallest absolute Gasteiger partial charge is 0.408 e. The molecule has 0 radical (unpaired) electrons. The summed E-state index contributed by atoms with van der Waals surface area (Å²) in [6, 6.07) is -1.57. The fraction of sp³-hybridized carbons (Fsp3) is 0.789. The number of hydrogen-bond acceptors (Lipinski definition) is 6. The van der Waals surface area contributed by atoms with E-state index in [1.54, 1.807) is 20.8 Å². The molecule has 0 saturated heterocycles. The molecule has 28 heavy (non-hydrogen) atoms. The number of ether oxygens (including phenoxy) is 2. The van der Waals surface area contributed by atoms with Crippen molar-refractivity contribution in [1.29, 1.82) is 0 Å². The lowest BCUT2D eigenvalue weighted by Crippen LogP contribution is -2.57. The second-order valence-corrected chi connectivity index (χ2v) is 8.08. The molecule has 1 unspecified atom stereocenters. The zero-order valence-corrected chi connectivity index (χ0v) is 17.3. The van der Waals surface area contributed by atoms with Crippen molar-refractivity contribution in [2.45, 2.75) is 77.5 Å². The highest BCUT2D eigenvalue weighted by Gasteiger charge is 2.39. The summed E-state index contributed by atoms with van der Waals surface area (Å²) in [6.07, 6.45) is 3.40. The van der Waals surface area contributed by atoms with Crippen LogP contribution in [0.5, 0.6) is 0 Å². The summed E-state index contributed by atoms with van der Waals surface area (Å²) < 4.78 is 9.87. The average molecular weight is 400 g/mol. The van der Waals surface area contributed by atoms with E-state index >= 15 is 0 Å². The zero-order valence-electron chi connectivity index (χ0n) is 17.3. The number of carboxylic acids is 1. The van der Waals surface area contributed by atoms with Crippen LogP contribution in [-0.4, -0.2) is 65.3 Å². The average Bonchev–Trinajstić information content (AvgIpc) is 2.62. The van der Waals surface area contributed by atoms with Gasteiger partial charge in [-0.1, -0.05) is 19.3 Å². The maximum Gasteiger partial charge on any atom is 0.408 e. The highest BCUT2D eigenvalue weighted by Crippen LogP contribution is 2.24. The van der Waals surface area contributed by atoms with Crippen molar-refractivity contribution < 1.29 is 33.8 Å². The van der Waals surface area contributed by atoms with Gasteiger partial charge >= 0.3 is 18.0 Å². The summed E-state index contributed by atoms with van der Waals surface area (Å²) in [6.45, 7) is 6.03. The van der Waals surface area contributed by atoms with Crippen molar-refractivity contribution in [1.82, 2.24) is 10.2 Å². The van der Waals surface area contributed by atoms with Gasteiger partial charge in [-0.3, -0.25) is 14.4 Å². The Morgan fingerprint density at radius 1 is 1.14 bits per heavy atom. The van der Waals surface area contributed by atoms with Gasteiger partial charge in [-0.25, -0.2) is 4.79 Å². The van der Waals surface area contributed by atoms with Gasteiger partial charge < -0.3 is 24.8 Å². The van der Waals surface area contributed by atoms with E-state index in [1.165, 1.54) is 18.9 Å². The van der Waals surface area contributed by atoms with E-state index < -0.39 is 41.5 Å². The van der Waals surface area contributed by atoms with Crippen LogP contribution in [0.15, 0.2) is 0 Å². The Morgan fingerprint density at radius 3 is 2.18 bits per heavy atom. The molecule has 9 heteroatoms. The first-order valence-corrected chi connectivity index (χ1v) is 9.56. The van der Waals surface area contributed by atoms with Gasteiger partial charge in [0.1, 0.15) is 18.2 Å². The maximum absolute atomic E-state index is 13.2. The van der Waals surface area contributed by atoms with Crippen LogP contribution in [0.25, 0.3) is 0 Å². The standard InChI is InChI=1S/C19H32N2O7/c1-12(17(24)25)15(20-18(26)28-19(2,3)4)16(23)21(11-14(22)27-5)13-9-7-6-8-10-13/h12-13,15H,6-11H2,1-5H3,(H,20,26)(H,24,25)/t12-,15?/m0/s1. The first-order chi connectivity index (χ1) is 13.0. The summed E-state index contributed by atoms with van der Waals surface area (Å²) >= 11 is 0. The number of alkyl carbamates (subject to hydrolysis) is 1. The molecule has 2 atom stereocenters. The summed E-state index contributed by atoms with van der Waals surface area (Å²) in [7, 11) is 1.22. The SMILES string of the molecule is COC(=O)CN(C(=O)C(NC(=O)OC(C)(C)C)[C@H](C)C(=O)O)C1CCCCC1. The molecule has 1 fully saturated rings. The number of hydrogen-bond donors (Lipinski definition) is 2. The molecule has 2 amide bonds. The number of carbonyl (C=O) groups is 4. The number of methoxy groups -OCH3 is 1. The first-order valence-electron chi connectivity index (χ1n) is 9.56. The van der Waals surface area contributed by atoms with Gasteiger partial charge in [-0.15, -0.1) is 0 Å². The number of esters is 1. The van der Waals surface area contributed by atoms with Crippen molar-refractivity contribution in [3.8, 4) is 0 Å². The molecule has 160 valence electrons. The molecule has 1 saturated carbocycles. The third kappa shape index (κ3) is 7.36. The Balaban J connectivity index is 3.10. The molecule has 0 aromatic carbocycles. The van der Waals surface area contributed by atoms with Gasteiger partial charge in [0.15, 0.2) is 0 Å². The van der Waals surface area contributed by atoms with E-state index in [-0.39, 0.29) is 12.6 Å². The Kier molecular flexibility index (Phi) is 8.71. The predicted molar refractivity (Wildman–Crippen MR) is 101 cm³/mol. The third-order valence-electron chi connectivity index (χ3n) is 4.65. The van der Waals surface area contributed by atoms with Crippen LogP contribution >= 0.6 is 0 Å². The largest absolute Gasteiger partial charge is 0.481 e. The zero-order chi connectivity index (χ0) is 21.5. The van der Waals surface area contributed by atoms with Crippen molar-refractivity contribution in [3.63, 3.8) is 0 Å². The minimum absolute atomic E-state index is 0.204. The Labute approximate surface area is 165 Å². The number of carboxylic acid groups (broad SMARTS) is 1. The van der Waals surface area contributed by atoms with Crippen LogP contribution in [0.2, 0.25) is 0 Å². The van der Waals surface area contributed by atoms with Gasteiger partial charge in [0.25, 0.3) is 0 Å². The van der Waals surface area contributed by atoms with Crippen LogP contribution in [0.4, 0.5) is 4.79 Å². The molecule has 0 aliphatic heterocycles. The maximum atomic E-state index is 13.2. The van der Waals surface area contributed by atoms with Crippen LogP contribution in [0.1, 0.15) is 59.8 Å². The van der Waals surface area contributed by atoms with E-state index in [4.69, 9.17) is 9.47 Å². The Morgan fingerprint density at radius 2 is 1.71 bits per heavy atom. The van der Waals surface area contributed by atoms with Crippen LogP contribution in [0, 0.1) is 5.92 Å². The van der Waals surface area contributed by atoms with Gasteiger partial charge in [-0.2, -0.15) is 0 Å². The number of rotatable bonds is 7. The van der Waals surface area contributed by atoms with Crippen LogP contribution in [0.3, 0.4) is 0 Å². The second-order valence-electron chi connectivity index (χ2n) is 8.08. The molecule has 1 rings (SSSR count). The molecule has 0 bridgehead atoms. The fourth-order valence-electron chi connectivity index (χ4n) is 3.14. The number of amides is 2. The predicted octanol–water partition coefficient (Wildman–Crippen LogP) is 1.93. The Hall–Kier alpha value is -2.32. The molecule has 0 heterocycles. The molecule has 2 N–H and O–H groups in total. The van der Waals surface area contributed by atoms with E-state index in [0.29, 0.717) is 12.8 Å². The van der Waals surface area contributed by atoms with E-state index in [1.807, 2.05) is 0 Å². The number of carbonyl (C=O) groups excluding carboxylic acids is 3. The van der Waals surface area contributed by atoms with E-state index in [2.05, 4.69) is 5.32 Å². The molecule has 1 aliphatic rings. The van der Waals surface area contributed by atoms with Gasteiger partial charge in [-0.05, 0) is 40.5 Å². The normalized spacial score (nSPS) is 17.2. The molecule has 1 aliphatic carbocycles. The monoisotopic (exact) mass is 400 g/mol. The summed E-state index contributed by atoms with van der Waals surface area (Å²) in [4.78, 5) is 50.2. The molecule has 9 nitrogen and oxygen atoms in total. The van der Waals surface area contributed by atoms with Crippen molar-refractivity contribution >= 4 is 23.9 Å². The van der Waals surface area contributed by atoms with Gasteiger partial charge in [0.2, 0.25) is 5.91 Å². The Bertz CT molecular complexity index is 579. The topological polar surface area (TPSA) is 122 Å². The van der Waals surface area contributed by atoms with Crippen LogP contribution < -0.4 is 5.32 Å². The lowest BCUT2D eigenvalue weighted by Gasteiger charge is -2.36. The minimum atomic E-state index is -1.36. The molecule has 0 spiro atoms. The summed E-state index contributed by atoms with van der Waals surface area (Å²) in [5, 5.41) is 11.8. The van der Waals surface area contributed by atoms with Crippen molar-refractivity contribution in [3.05, 3.63) is 0 Å². The third-order valence-corrected chi connectivity index (χ3v) is 4.65. The molecule has 0 aromatic rings. The first kappa shape index (κ1) is 23.7. The molecular weight excluding hydrogens is 368 g/mol. The highest BCUT2D eigenvalue weighted by atomic mass is 16.6. The van der Waals surface area contributed by atoms with E-state index in [0.717, 1.165) is 19.3 Å². The van der Waals surface area contributed by atoms with Crippen molar-refractivity contribution in [2.75, 3.05) is 13.7 Å². The van der Waals surface area contributed by atoms with Gasteiger partial charge in [0, 0.05) is 6.04 Å². The second kappa shape index (κ2) is 10.3. The number of nitrogens with one attached hydrogen (secondary N) is 1. The lowest BCUT2D eigenvalue weighted by molar-refractivity contribution is -0.153. The fourth-order valence-corrected chi connectivity index (χ4v) is 3.14. The highest BCUT2D eigenvalue weighted by molar-refractivity contribution is 5.92. The summed E-state index contributed by atoms with van der Waals surface area (Å²) in [5.41, 5.74) is -0.806. The van der Waals surface area contributed by atoms with E-state index in [9.17, 15) is 24.3 Å². The van der Waals surface area contributed by atoms with Crippen LogP contribution in [-0.2, 0) is 23.9 Å². The molecular formula is C19H32N2O7. The number of aliphatic carboxylic acids is 1. The van der Waals surface area contributed by atoms with Gasteiger partial charge in [0.05, 0.1) is 13.0 Å². The lowest BCUT2D eigenvalue weighted by atomic mass is 9.92. The quantitative estimate of drug-likeness (QED) is 0.626. The number of nitrogens with zero attached hydrogens (tertiary/aromatic N) is 1.